The van der Waals surface area contributed by atoms with Crippen LogP contribution in [0.4, 0.5) is 5.69 Å². The van der Waals surface area contributed by atoms with Gasteiger partial charge >= 0.3 is 0 Å². The Morgan fingerprint density at radius 2 is 2.12 bits per heavy atom. The Bertz CT molecular complexity index is 463. The number of anilines is 1. The van der Waals surface area contributed by atoms with Gasteiger partial charge in [-0.1, -0.05) is 18.2 Å². The molecule has 2 rings (SSSR count). The molecule has 0 amide bonds. The summed E-state index contributed by atoms with van der Waals surface area (Å²) in [4.78, 5) is 8.76. The number of aromatic nitrogens is 2. The molecule has 5 nitrogen and oxygen atoms in total. The van der Waals surface area contributed by atoms with Crippen molar-refractivity contribution < 1.29 is 0 Å². The van der Waals surface area contributed by atoms with E-state index in [1.165, 1.54) is 0 Å². The molecule has 0 bridgehead atoms. The second-order valence-electron chi connectivity index (χ2n) is 3.70. The maximum absolute atomic E-state index is 7.60. The first kappa shape index (κ1) is 11.2. The average Bonchev–Trinajstić information content (AvgIpc) is 2.83. The van der Waals surface area contributed by atoms with Gasteiger partial charge < -0.3 is 15.6 Å². The quantitative estimate of drug-likeness (QED) is 0.546. The standard InChI is InChI=1S/C12H15N5/c13-12(14)17(11-4-2-1-3-5-11)7-6-10-8-15-9-16-10/h1-5,8-9H,6-7H2,(H3,13,14)(H,15,16). The van der Waals surface area contributed by atoms with Crippen molar-refractivity contribution in [1.82, 2.24) is 9.97 Å². The van der Waals surface area contributed by atoms with Gasteiger partial charge in [0.25, 0.3) is 0 Å². The minimum atomic E-state index is 0.0516. The van der Waals surface area contributed by atoms with Gasteiger partial charge in [0.2, 0.25) is 0 Å². The fourth-order valence-electron chi connectivity index (χ4n) is 1.65. The summed E-state index contributed by atoms with van der Waals surface area (Å²) in [5.41, 5.74) is 7.56. The van der Waals surface area contributed by atoms with Crippen LogP contribution in [0.3, 0.4) is 0 Å². The molecule has 0 aliphatic rings. The molecule has 4 N–H and O–H groups in total. The highest BCUT2D eigenvalue weighted by molar-refractivity contribution is 5.92. The Balaban J connectivity index is 2.06. The third-order valence-corrected chi connectivity index (χ3v) is 2.52. The summed E-state index contributed by atoms with van der Waals surface area (Å²) >= 11 is 0. The highest BCUT2D eigenvalue weighted by Gasteiger charge is 2.09. The third-order valence-electron chi connectivity index (χ3n) is 2.52. The van der Waals surface area contributed by atoms with Gasteiger partial charge in [0.15, 0.2) is 5.96 Å². The number of hydrogen-bond donors (Lipinski definition) is 3. The summed E-state index contributed by atoms with van der Waals surface area (Å²) in [5.74, 6) is 0.0516. The molecule has 0 aliphatic carbocycles. The predicted molar refractivity (Wildman–Crippen MR) is 68.0 cm³/mol. The van der Waals surface area contributed by atoms with Crippen molar-refractivity contribution in [1.29, 1.82) is 5.41 Å². The Labute approximate surface area is 99.8 Å². The van der Waals surface area contributed by atoms with Crippen LogP contribution >= 0.6 is 0 Å². The van der Waals surface area contributed by atoms with Crippen LogP contribution in [-0.4, -0.2) is 22.5 Å². The molecule has 1 aromatic heterocycles. The molecule has 0 saturated heterocycles. The van der Waals surface area contributed by atoms with Crippen LogP contribution in [0.15, 0.2) is 42.9 Å². The number of nitrogens with two attached hydrogens (primary N) is 1. The van der Waals surface area contributed by atoms with Gasteiger partial charge in [-0.05, 0) is 12.1 Å². The number of imidazole rings is 1. The van der Waals surface area contributed by atoms with Crippen molar-refractivity contribution in [3.8, 4) is 0 Å². The molecule has 2 aromatic rings. The molecule has 1 aromatic carbocycles. The van der Waals surface area contributed by atoms with E-state index in [-0.39, 0.29) is 5.96 Å². The normalized spacial score (nSPS) is 10.1. The van der Waals surface area contributed by atoms with Gasteiger partial charge in [0, 0.05) is 30.5 Å². The van der Waals surface area contributed by atoms with E-state index in [2.05, 4.69) is 9.97 Å². The minimum absolute atomic E-state index is 0.0516. The van der Waals surface area contributed by atoms with Crippen molar-refractivity contribution in [2.75, 3.05) is 11.4 Å². The molecule has 5 heteroatoms. The first-order valence-corrected chi connectivity index (χ1v) is 5.41. The number of hydrogen-bond acceptors (Lipinski definition) is 2. The number of aromatic amines is 1. The van der Waals surface area contributed by atoms with Crippen molar-refractivity contribution in [3.63, 3.8) is 0 Å². The van der Waals surface area contributed by atoms with E-state index >= 15 is 0 Å². The lowest BCUT2D eigenvalue weighted by atomic mass is 10.2. The maximum atomic E-state index is 7.60. The summed E-state index contributed by atoms with van der Waals surface area (Å²) in [7, 11) is 0. The van der Waals surface area contributed by atoms with Crippen LogP contribution in [0, 0.1) is 5.41 Å². The van der Waals surface area contributed by atoms with Crippen molar-refractivity contribution in [2.24, 2.45) is 5.73 Å². The summed E-state index contributed by atoms with van der Waals surface area (Å²) in [6, 6.07) is 9.68. The smallest absolute Gasteiger partial charge is 0.192 e. The van der Waals surface area contributed by atoms with Crippen molar-refractivity contribution in [2.45, 2.75) is 6.42 Å². The molecule has 0 aliphatic heterocycles. The molecule has 0 atom stereocenters. The Kier molecular flexibility index (Phi) is 3.40. The van der Waals surface area contributed by atoms with E-state index in [9.17, 15) is 0 Å². The van der Waals surface area contributed by atoms with Crippen LogP contribution in [0.2, 0.25) is 0 Å². The fourth-order valence-corrected chi connectivity index (χ4v) is 1.65. The van der Waals surface area contributed by atoms with Gasteiger partial charge in [0.1, 0.15) is 0 Å². The summed E-state index contributed by atoms with van der Waals surface area (Å²) in [5, 5.41) is 7.60. The highest BCUT2D eigenvalue weighted by atomic mass is 15.2. The maximum Gasteiger partial charge on any atom is 0.192 e. The topological polar surface area (TPSA) is 81.8 Å². The molecule has 0 saturated carbocycles. The van der Waals surface area contributed by atoms with Gasteiger partial charge in [-0.15, -0.1) is 0 Å². The lowest BCUT2D eigenvalue weighted by Crippen LogP contribution is -2.38. The van der Waals surface area contributed by atoms with Crippen molar-refractivity contribution in [3.05, 3.63) is 48.5 Å². The molecular formula is C12H15N5. The first-order chi connectivity index (χ1) is 8.27. The molecule has 0 spiro atoms. The number of guanidine groups is 1. The average molecular weight is 229 g/mol. The third kappa shape index (κ3) is 2.84. The Morgan fingerprint density at radius 1 is 1.35 bits per heavy atom. The largest absolute Gasteiger partial charge is 0.370 e. The number of nitrogens with one attached hydrogen (secondary N) is 2. The first-order valence-electron chi connectivity index (χ1n) is 5.41. The number of H-pyrrole nitrogens is 1. The van der Waals surface area contributed by atoms with Gasteiger partial charge in [-0.2, -0.15) is 0 Å². The lowest BCUT2D eigenvalue weighted by molar-refractivity contribution is 0.898. The molecule has 0 radical (unpaired) electrons. The van der Waals surface area contributed by atoms with E-state index in [1.807, 2.05) is 30.3 Å². The van der Waals surface area contributed by atoms with Crippen LogP contribution in [0.5, 0.6) is 0 Å². The molecule has 0 fully saturated rings. The second kappa shape index (κ2) is 5.16. The highest BCUT2D eigenvalue weighted by Crippen LogP contribution is 2.12. The number of para-hydroxylation sites is 1. The molecule has 1 heterocycles. The Hall–Kier alpha value is -2.30. The van der Waals surface area contributed by atoms with Gasteiger partial charge in [-0.3, -0.25) is 5.41 Å². The van der Waals surface area contributed by atoms with Crippen LogP contribution in [0.1, 0.15) is 5.69 Å². The van der Waals surface area contributed by atoms with Crippen LogP contribution in [0.25, 0.3) is 0 Å². The predicted octanol–water partition coefficient (Wildman–Crippen LogP) is 1.35. The molecule has 0 unspecified atom stereocenters. The minimum Gasteiger partial charge on any atom is -0.370 e. The number of nitrogens with zero attached hydrogens (tertiary/aromatic N) is 2. The number of rotatable bonds is 4. The molecular weight excluding hydrogens is 214 g/mol. The summed E-state index contributed by atoms with van der Waals surface area (Å²) < 4.78 is 0. The lowest BCUT2D eigenvalue weighted by Gasteiger charge is -2.22. The van der Waals surface area contributed by atoms with E-state index in [4.69, 9.17) is 11.1 Å². The molecule has 17 heavy (non-hydrogen) atoms. The Morgan fingerprint density at radius 3 is 2.71 bits per heavy atom. The van der Waals surface area contributed by atoms with Gasteiger partial charge in [0.05, 0.1) is 6.33 Å². The SMILES string of the molecule is N=C(N)N(CCc1cnc[nH]1)c1ccccc1. The summed E-state index contributed by atoms with van der Waals surface area (Å²) in [6.45, 7) is 0.654. The zero-order valence-electron chi connectivity index (χ0n) is 9.43. The fraction of sp³-hybridized carbons (Fsp3) is 0.167. The number of benzene rings is 1. The van der Waals surface area contributed by atoms with E-state index in [1.54, 1.807) is 17.4 Å². The monoisotopic (exact) mass is 229 g/mol. The van der Waals surface area contributed by atoms with Crippen LogP contribution in [-0.2, 0) is 6.42 Å². The zero-order valence-corrected chi connectivity index (χ0v) is 9.43. The zero-order chi connectivity index (χ0) is 12.1. The molecule has 88 valence electrons. The second-order valence-corrected chi connectivity index (χ2v) is 3.70. The van der Waals surface area contributed by atoms with Crippen LogP contribution < -0.4 is 10.6 Å². The van der Waals surface area contributed by atoms with E-state index in [0.717, 1.165) is 17.8 Å². The van der Waals surface area contributed by atoms with Crippen molar-refractivity contribution >= 4 is 11.6 Å². The van der Waals surface area contributed by atoms with E-state index in [0.29, 0.717) is 6.54 Å². The summed E-state index contributed by atoms with van der Waals surface area (Å²) in [6.07, 6.45) is 4.20. The van der Waals surface area contributed by atoms with E-state index < -0.39 is 0 Å². The van der Waals surface area contributed by atoms with Gasteiger partial charge in [-0.25, -0.2) is 4.98 Å².